The van der Waals surface area contributed by atoms with E-state index in [-0.39, 0.29) is 0 Å². The largest absolute Gasteiger partial charge is 0.372 e. The molecule has 0 radical (unpaired) electrons. The van der Waals surface area contributed by atoms with Crippen LogP contribution in [0.15, 0.2) is 30.3 Å². The Bertz CT molecular complexity index is 244. The van der Waals surface area contributed by atoms with Crippen molar-refractivity contribution in [3.8, 4) is 0 Å². The van der Waals surface area contributed by atoms with E-state index in [4.69, 9.17) is 4.74 Å². The quantitative estimate of drug-likeness (QED) is 0.713. The molecule has 3 heteroatoms. The molecule has 0 amide bonds. The molecule has 1 aliphatic rings. The average Bonchev–Trinajstić information content (AvgIpc) is 2.69. The van der Waals surface area contributed by atoms with Gasteiger partial charge in [-0.25, -0.2) is 0 Å². The van der Waals surface area contributed by atoms with Gasteiger partial charge in [0.2, 0.25) is 0 Å². The molecule has 1 aromatic carbocycles. The summed E-state index contributed by atoms with van der Waals surface area (Å²) in [4.78, 5) is 0. The predicted octanol–water partition coefficient (Wildman–Crippen LogP) is 2.97. The van der Waals surface area contributed by atoms with E-state index in [1.54, 1.807) is 0 Å². The van der Waals surface area contributed by atoms with Crippen LogP contribution in [0.2, 0.25) is 0 Å². The number of benzene rings is 1. The summed E-state index contributed by atoms with van der Waals surface area (Å²) in [6.07, 6.45) is 0.454. The maximum atomic E-state index is 5.75. The highest BCUT2D eigenvalue weighted by molar-refractivity contribution is 8.77. The molecule has 1 saturated heterocycles. The van der Waals surface area contributed by atoms with Crippen LogP contribution < -0.4 is 0 Å². The minimum atomic E-state index is 0.454. The molecular formula is C10H12OS2. The first-order valence-electron chi connectivity index (χ1n) is 4.35. The van der Waals surface area contributed by atoms with Crippen LogP contribution in [0.1, 0.15) is 5.56 Å². The lowest BCUT2D eigenvalue weighted by Gasteiger charge is -2.09. The average molecular weight is 212 g/mol. The Labute approximate surface area is 86.6 Å². The molecule has 0 atom stereocenters. The summed E-state index contributed by atoms with van der Waals surface area (Å²) in [6.45, 7) is 0.757. The Balaban J connectivity index is 1.79. The number of hydrogen-bond acceptors (Lipinski definition) is 3. The molecule has 13 heavy (non-hydrogen) atoms. The van der Waals surface area contributed by atoms with Crippen LogP contribution in [0.5, 0.6) is 0 Å². The molecule has 0 saturated carbocycles. The number of hydrogen-bond donors (Lipinski definition) is 0. The zero-order valence-electron chi connectivity index (χ0n) is 7.31. The Hall–Kier alpha value is -0.120. The van der Waals surface area contributed by atoms with Gasteiger partial charge in [-0.1, -0.05) is 51.9 Å². The number of rotatable bonds is 3. The highest BCUT2D eigenvalue weighted by Gasteiger charge is 2.16. The molecule has 0 unspecified atom stereocenters. The van der Waals surface area contributed by atoms with E-state index in [2.05, 4.69) is 24.3 Å². The lowest BCUT2D eigenvalue weighted by atomic mass is 10.2. The van der Waals surface area contributed by atoms with Crippen LogP contribution in [0.25, 0.3) is 0 Å². The minimum absolute atomic E-state index is 0.454. The Morgan fingerprint density at radius 2 is 1.85 bits per heavy atom. The van der Waals surface area contributed by atoms with Gasteiger partial charge < -0.3 is 4.74 Å². The zero-order chi connectivity index (χ0) is 8.93. The maximum Gasteiger partial charge on any atom is 0.0776 e. The third-order valence-corrected chi connectivity index (χ3v) is 4.42. The molecule has 70 valence electrons. The van der Waals surface area contributed by atoms with Crippen molar-refractivity contribution in [1.82, 2.24) is 0 Å². The van der Waals surface area contributed by atoms with Crippen LogP contribution in [-0.2, 0) is 11.3 Å². The monoisotopic (exact) mass is 212 g/mol. The summed E-state index contributed by atoms with van der Waals surface area (Å²) in [5, 5.41) is 0. The van der Waals surface area contributed by atoms with Crippen LogP contribution in [-0.4, -0.2) is 17.6 Å². The van der Waals surface area contributed by atoms with E-state index >= 15 is 0 Å². The standard InChI is InChI=1S/C10H12OS2/c1-2-4-9(5-3-1)6-11-10-7-12-13-8-10/h1-5,10H,6-8H2. The molecule has 0 aromatic heterocycles. The fraction of sp³-hybridized carbons (Fsp3) is 0.400. The van der Waals surface area contributed by atoms with Crippen molar-refractivity contribution in [3.05, 3.63) is 35.9 Å². The molecule has 1 fully saturated rings. The lowest BCUT2D eigenvalue weighted by Crippen LogP contribution is -2.13. The highest BCUT2D eigenvalue weighted by atomic mass is 33.1. The van der Waals surface area contributed by atoms with E-state index in [9.17, 15) is 0 Å². The van der Waals surface area contributed by atoms with Gasteiger partial charge in [-0.3, -0.25) is 0 Å². The normalized spacial score (nSPS) is 17.8. The summed E-state index contributed by atoms with van der Waals surface area (Å²) in [7, 11) is 3.82. The first-order valence-corrected chi connectivity index (χ1v) is 6.84. The van der Waals surface area contributed by atoms with Gasteiger partial charge in [0.15, 0.2) is 0 Å². The second-order valence-corrected chi connectivity index (χ2v) is 5.54. The van der Waals surface area contributed by atoms with E-state index in [0.29, 0.717) is 6.10 Å². The van der Waals surface area contributed by atoms with Crippen LogP contribution >= 0.6 is 21.6 Å². The summed E-state index contributed by atoms with van der Waals surface area (Å²) in [6, 6.07) is 10.4. The molecule has 2 rings (SSSR count). The first-order chi connectivity index (χ1) is 6.45. The van der Waals surface area contributed by atoms with Gasteiger partial charge in [0, 0.05) is 11.5 Å². The molecule has 1 aliphatic heterocycles. The predicted molar refractivity (Wildman–Crippen MR) is 59.9 cm³/mol. The van der Waals surface area contributed by atoms with Crippen molar-refractivity contribution >= 4 is 21.6 Å². The number of ether oxygens (including phenoxy) is 1. The van der Waals surface area contributed by atoms with Crippen molar-refractivity contribution < 1.29 is 4.74 Å². The van der Waals surface area contributed by atoms with Gasteiger partial charge in [0.1, 0.15) is 0 Å². The fourth-order valence-electron chi connectivity index (χ4n) is 1.18. The van der Waals surface area contributed by atoms with Crippen molar-refractivity contribution in [2.45, 2.75) is 12.7 Å². The molecule has 0 spiro atoms. The topological polar surface area (TPSA) is 9.23 Å². The SMILES string of the molecule is c1ccc(COC2CSSC2)cc1. The zero-order valence-corrected chi connectivity index (χ0v) is 8.94. The van der Waals surface area contributed by atoms with Gasteiger partial charge in [-0.05, 0) is 5.56 Å². The van der Waals surface area contributed by atoms with E-state index in [0.717, 1.165) is 18.1 Å². The van der Waals surface area contributed by atoms with Crippen LogP contribution in [0.3, 0.4) is 0 Å². The summed E-state index contributed by atoms with van der Waals surface area (Å²) in [5.41, 5.74) is 1.27. The first kappa shape index (κ1) is 9.44. The third-order valence-electron chi connectivity index (χ3n) is 1.92. The van der Waals surface area contributed by atoms with Crippen LogP contribution in [0, 0.1) is 0 Å². The van der Waals surface area contributed by atoms with E-state index < -0.39 is 0 Å². The summed E-state index contributed by atoms with van der Waals surface area (Å²) in [5.74, 6) is 2.27. The van der Waals surface area contributed by atoms with Gasteiger partial charge in [-0.2, -0.15) is 0 Å². The fourth-order valence-corrected chi connectivity index (χ4v) is 3.74. The lowest BCUT2D eigenvalue weighted by molar-refractivity contribution is 0.0731. The molecule has 0 aliphatic carbocycles. The second-order valence-electron chi connectivity index (χ2n) is 2.99. The second kappa shape index (κ2) is 4.94. The maximum absolute atomic E-state index is 5.75. The molecule has 1 aromatic rings. The molecule has 0 bridgehead atoms. The Morgan fingerprint density at radius 1 is 1.15 bits per heavy atom. The molecule has 1 heterocycles. The minimum Gasteiger partial charge on any atom is -0.372 e. The van der Waals surface area contributed by atoms with E-state index in [1.807, 2.05) is 27.7 Å². The molecule has 1 nitrogen and oxygen atoms in total. The van der Waals surface area contributed by atoms with Gasteiger partial charge in [0.25, 0.3) is 0 Å². The van der Waals surface area contributed by atoms with Crippen molar-refractivity contribution in [2.24, 2.45) is 0 Å². The summed E-state index contributed by atoms with van der Waals surface area (Å²) < 4.78 is 5.75. The van der Waals surface area contributed by atoms with E-state index in [1.165, 1.54) is 5.56 Å². The van der Waals surface area contributed by atoms with Crippen molar-refractivity contribution in [2.75, 3.05) is 11.5 Å². The molecule has 0 N–H and O–H groups in total. The highest BCUT2D eigenvalue weighted by Crippen LogP contribution is 2.32. The third kappa shape index (κ3) is 2.93. The smallest absolute Gasteiger partial charge is 0.0776 e. The Morgan fingerprint density at radius 3 is 2.54 bits per heavy atom. The molecular weight excluding hydrogens is 200 g/mol. The summed E-state index contributed by atoms with van der Waals surface area (Å²) >= 11 is 0. The Kier molecular flexibility index (Phi) is 3.58. The van der Waals surface area contributed by atoms with Crippen molar-refractivity contribution in [1.29, 1.82) is 0 Å². The van der Waals surface area contributed by atoms with Crippen molar-refractivity contribution in [3.63, 3.8) is 0 Å². The van der Waals surface area contributed by atoms with Gasteiger partial charge >= 0.3 is 0 Å². The van der Waals surface area contributed by atoms with Gasteiger partial charge in [0.05, 0.1) is 12.7 Å². The van der Waals surface area contributed by atoms with Gasteiger partial charge in [-0.15, -0.1) is 0 Å². The van der Waals surface area contributed by atoms with Crippen LogP contribution in [0.4, 0.5) is 0 Å².